The maximum Gasteiger partial charge on any atom is 0.246 e. The first kappa shape index (κ1) is 12.7. The molecule has 5 heteroatoms. The van der Waals surface area contributed by atoms with Gasteiger partial charge in [-0.1, -0.05) is 11.3 Å². The van der Waals surface area contributed by atoms with Gasteiger partial charge in [-0.05, 0) is 19.9 Å². The Morgan fingerprint density at radius 2 is 2.25 bits per heavy atom. The van der Waals surface area contributed by atoms with Gasteiger partial charge in [-0.3, -0.25) is 4.79 Å². The Bertz CT molecular complexity index is 396. The fraction of sp³-hybridized carbons (Fsp3) is 0.455. The van der Waals surface area contributed by atoms with Crippen molar-refractivity contribution in [1.82, 2.24) is 9.88 Å². The van der Waals surface area contributed by atoms with Crippen molar-refractivity contribution < 1.29 is 4.79 Å². The second-order valence-corrected chi connectivity index (χ2v) is 4.60. The third-order valence-corrected chi connectivity index (χ3v) is 3.06. The molecular formula is C11H17N3OS. The fourth-order valence-corrected chi connectivity index (χ4v) is 2.02. The van der Waals surface area contributed by atoms with Gasteiger partial charge in [0.25, 0.3) is 0 Å². The Hall–Kier alpha value is -1.36. The zero-order valence-electron chi connectivity index (χ0n) is 10.1. The summed E-state index contributed by atoms with van der Waals surface area (Å²) in [6.07, 6.45) is 3.38. The molecule has 1 aromatic heterocycles. The van der Waals surface area contributed by atoms with E-state index in [2.05, 4.69) is 10.3 Å². The minimum Gasteiger partial charge on any atom is -0.362 e. The van der Waals surface area contributed by atoms with Crippen LogP contribution in [0.4, 0.5) is 5.13 Å². The minimum atomic E-state index is -0.0159. The van der Waals surface area contributed by atoms with Gasteiger partial charge in [-0.15, -0.1) is 0 Å². The number of aryl methyl sites for hydroxylation is 1. The monoisotopic (exact) mass is 239 g/mol. The molecule has 0 aliphatic carbocycles. The van der Waals surface area contributed by atoms with E-state index in [1.807, 2.05) is 19.9 Å². The molecule has 0 bridgehead atoms. The average molecular weight is 239 g/mol. The lowest BCUT2D eigenvalue weighted by atomic mass is 10.3. The maximum atomic E-state index is 11.4. The second kappa shape index (κ2) is 5.65. The molecule has 1 aromatic rings. The van der Waals surface area contributed by atoms with E-state index in [4.69, 9.17) is 0 Å². The third-order valence-electron chi connectivity index (χ3n) is 1.98. The Morgan fingerprint density at radius 1 is 1.56 bits per heavy atom. The van der Waals surface area contributed by atoms with Crippen LogP contribution in [-0.2, 0) is 4.79 Å². The van der Waals surface area contributed by atoms with Crippen LogP contribution in [0.15, 0.2) is 6.08 Å². The molecule has 0 atom stereocenters. The molecule has 0 fully saturated rings. The maximum absolute atomic E-state index is 11.4. The quantitative estimate of drug-likeness (QED) is 0.817. The van der Waals surface area contributed by atoms with E-state index < -0.39 is 0 Å². The summed E-state index contributed by atoms with van der Waals surface area (Å²) in [6.45, 7) is 4.83. The van der Waals surface area contributed by atoms with Gasteiger partial charge >= 0.3 is 0 Å². The summed E-state index contributed by atoms with van der Waals surface area (Å²) in [5.74, 6) is -0.0159. The first-order valence-corrected chi connectivity index (χ1v) is 5.97. The third kappa shape index (κ3) is 3.34. The highest BCUT2D eigenvalue weighted by molar-refractivity contribution is 7.16. The van der Waals surface area contributed by atoms with Crippen LogP contribution in [-0.4, -0.2) is 36.4 Å². The summed E-state index contributed by atoms with van der Waals surface area (Å²) in [4.78, 5) is 18.3. The lowest BCUT2D eigenvalue weighted by molar-refractivity contribution is -0.123. The number of likely N-dealkylation sites (N-methyl/N-ethyl adjacent to an activating group) is 1. The molecule has 0 saturated carbocycles. The van der Waals surface area contributed by atoms with E-state index in [-0.39, 0.29) is 5.91 Å². The largest absolute Gasteiger partial charge is 0.362 e. The van der Waals surface area contributed by atoms with Crippen molar-refractivity contribution in [3.05, 3.63) is 16.6 Å². The number of aromatic nitrogens is 1. The van der Waals surface area contributed by atoms with Gasteiger partial charge in [0, 0.05) is 26.7 Å². The molecule has 0 unspecified atom stereocenters. The number of hydrogen-bond acceptors (Lipinski definition) is 4. The van der Waals surface area contributed by atoms with Crippen LogP contribution < -0.4 is 5.32 Å². The van der Waals surface area contributed by atoms with Crippen LogP contribution in [0.25, 0.3) is 6.08 Å². The molecule has 0 spiro atoms. The first-order chi connectivity index (χ1) is 7.54. The molecule has 0 aliphatic heterocycles. The van der Waals surface area contributed by atoms with E-state index >= 15 is 0 Å². The Balaban J connectivity index is 2.77. The normalized spacial score (nSPS) is 10.8. The van der Waals surface area contributed by atoms with Gasteiger partial charge in [0.1, 0.15) is 0 Å². The van der Waals surface area contributed by atoms with Crippen molar-refractivity contribution in [1.29, 1.82) is 0 Å². The average Bonchev–Trinajstić information content (AvgIpc) is 2.56. The van der Waals surface area contributed by atoms with Crippen molar-refractivity contribution in [2.75, 3.05) is 26.0 Å². The molecule has 0 radical (unpaired) electrons. The Morgan fingerprint density at radius 3 is 2.81 bits per heavy atom. The number of rotatable bonds is 4. The van der Waals surface area contributed by atoms with Crippen LogP contribution in [0.3, 0.4) is 0 Å². The summed E-state index contributed by atoms with van der Waals surface area (Å²) in [5.41, 5.74) is 0.948. The zero-order chi connectivity index (χ0) is 12.1. The molecule has 1 rings (SSSR count). The smallest absolute Gasteiger partial charge is 0.246 e. The molecule has 16 heavy (non-hydrogen) atoms. The number of nitrogens with one attached hydrogen (secondary N) is 1. The second-order valence-electron chi connectivity index (χ2n) is 3.57. The van der Waals surface area contributed by atoms with E-state index in [9.17, 15) is 4.79 Å². The van der Waals surface area contributed by atoms with Crippen molar-refractivity contribution in [2.45, 2.75) is 13.8 Å². The fourth-order valence-electron chi connectivity index (χ4n) is 1.09. The summed E-state index contributed by atoms with van der Waals surface area (Å²) in [6, 6.07) is 0. The number of carbonyl (C=O) groups is 1. The zero-order valence-corrected chi connectivity index (χ0v) is 10.9. The van der Waals surface area contributed by atoms with Gasteiger partial charge in [0.05, 0.1) is 10.6 Å². The van der Waals surface area contributed by atoms with Crippen molar-refractivity contribution >= 4 is 28.5 Å². The minimum absolute atomic E-state index is 0.0159. The van der Waals surface area contributed by atoms with E-state index in [1.54, 1.807) is 31.5 Å². The highest BCUT2D eigenvalue weighted by Gasteiger charge is 2.04. The van der Waals surface area contributed by atoms with Crippen molar-refractivity contribution in [2.24, 2.45) is 0 Å². The van der Waals surface area contributed by atoms with Crippen LogP contribution in [0.2, 0.25) is 0 Å². The molecule has 1 amide bonds. The SMILES string of the molecule is CCNc1nc(C)c(C=CC(=O)N(C)C)s1. The highest BCUT2D eigenvalue weighted by atomic mass is 32.1. The number of anilines is 1. The van der Waals surface area contributed by atoms with Gasteiger partial charge in [-0.2, -0.15) is 0 Å². The lowest BCUT2D eigenvalue weighted by Gasteiger charge is -2.04. The first-order valence-electron chi connectivity index (χ1n) is 5.15. The number of amides is 1. The summed E-state index contributed by atoms with van der Waals surface area (Å²) in [5, 5.41) is 4.06. The number of nitrogens with zero attached hydrogens (tertiary/aromatic N) is 2. The molecule has 1 N–H and O–H groups in total. The van der Waals surface area contributed by atoms with Crippen LogP contribution in [0.1, 0.15) is 17.5 Å². The van der Waals surface area contributed by atoms with Crippen molar-refractivity contribution in [3.63, 3.8) is 0 Å². The van der Waals surface area contributed by atoms with E-state index in [0.29, 0.717) is 0 Å². The van der Waals surface area contributed by atoms with E-state index in [0.717, 1.165) is 22.2 Å². The van der Waals surface area contributed by atoms with Crippen LogP contribution >= 0.6 is 11.3 Å². The predicted octanol–water partition coefficient (Wildman–Crippen LogP) is 1.98. The molecule has 4 nitrogen and oxygen atoms in total. The summed E-state index contributed by atoms with van der Waals surface area (Å²) < 4.78 is 0. The van der Waals surface area contributed by atoms with Crippen LogP contribution in [0.5, 0.6) is 0 Å². The number of hydrogen-bond donors (Lipinski definition) is 1. The molecule has 0 aliphatic rings. The highest BCUT2D eigenvalue weighted by Crippen LogP contribution is 2.23. The Kier molecular flexibility index (Phi) is 4.49. The molecule has 1 heterocycles. The molecule has 88 valence electrons. The standard InChI is InChI=1S/C11H17N3OS/c1-5-12-11-13-8(2)9(16-11)6-7-10(15)14(3)4/h6-7H,5H2,1-4H3,(H,12,13). The van der Waals surface area contributed by atoms with Gasteiger partial charge in [-0.25, -0.2) is 4.98 Å². The Labute approximate surface area is 100.0 Å². The van der Waals surface area contributed by atoms with E-state index in [1.165, 1.54) is 4.90 Å². The topological polar surface area (TPSA) is 45.2 Å². The van der Waals surface area contributed by atoms with Crippen LogP contribution in [0, 0.1) is 6.92 Å². The number of thiazole rings is 1. The van der Waals surface area contributed by atoms with Gasteiger partial charge in [0.2, 0.25) is 5.91 Å². The molecule has 0 saturated heterocycles. The number of carbonyl (C=O) groups excluding carboxylic acids is 1. The van der Waals surface area contributed by atoms with Crippen molar-refractivity contribution in [3.8, 4) is 0 Å². The molecule has 0 aromatic carbocycles. The van der Waals surface area contributed by atoms with Gasteiger partial charge < -0.3 is 10.2 Å². The summed E-state index contributed by atoms with van der Waals surface area (Å²) in [7, 11) is 3.46. The van der Waals surface area contributed by atoms with Gasteiger partial charge in [0.15, 0.2) is 5.13 Å². The predicted molar refractivity (Wildman–Crippen MR) is 68.7 cm³/mol. The molecular weight excluding hydrogens is 222 g/mol. The summed E-state index contributed by atoms with van der Waals surface area (Å²) >= 11 is 1.56. The lowest BCUT2D eigenvalue weighted by Crippen LogP contribution is -2.18.